The van der Waals surface area contributed by atoms with Crippen molar-refractivity contribution in [2.75, 3.05) is 0 Å². The second kappa shape index (κ2) is 7.24. The highest BCUT2D eigenvalue weighted by molar-refractivity contribution is 7.90. The maximum absolute atomic E-state index is 12.5. The van der Waals surface area contributed by atoms with Gasteiger partial charge in [-0.15, -0.1) is 0 Å². The third kappa shape index (κ3) is 3.99. The molecule has 6 nitrogen and oxygen atoms in total. The van der Waals surface area contributed by atoms with Crippen LogP contribution in [-0.4, -0.2) is 19.5 Å². The summed E-state index contributed by atoms with van der Waals surface area (Å²) < 4.78 is 32.4. The van der Waals surface area contributed by atoms with Crippen LogP contribution in [0.3, 0.4) is 0 Å². The first-order valence-electron chi connectivity index (χ1n) is 8.79. The molecule has 1 aromatic heterocycles. The van der Waals surface area contributed by atoms with Crippen LogP contribution in [0.5, 0.6) is 0 Å². The molecular formula is C21H22N2O4S. The Morgan fingerprint density at radius 2 is 1.57 bits per heavy atom. The number of sulfonamides is 1. The Labute approximate surface area is 164 Å². The number of aryl methyl sites for hydroxylation is 1. The molecule has 146 valence electrons. The van der Waals surface area contributed by atoms with Crippen molar-refractivity contribution in [3.8, 4) is 22.4 Å². The third-order valence-electron chi connectivity index (χ3n) is 4.27. The molecule has 1 amide bonds. The molecule has 3 aromatic rings. The maximum atomic E-state index is 12.5. The standard InChI is InChI=1S/C21H22N2O4S/c1-14-18(19(22-27-14)16-8-6-5-7-9-16)15-10-12-17(13-11-15)28(25,26)23-20(24)21(2,3)4/h5-13H,1-4H3,(H,23,24). The van der Waals surface area contributed by atoms with Gasteiger partial charge in [0.2, 0.25) is 5.91 Å². The van der Waals surface area contributed by atoms with Crippen LogP contribution in [0.4, 0.5) is 0 Å². The van der Waals surface area contributed by atoms with Gasteiger partial charge in [-0.25, -0.2) is 13.1 Å². The van der Waals surface area contributed by atoms with Crippen molar-refractivity contribution in [2.24, 2.45) is 5.41 Å². The van der Waals surface area contributed by atoms with Gasteiger partial charge in [-0.1, -0.05) is 68.4 Å². The summed E-state index contributed by atoms with van der Waals surface area (Å²) in [6, 6.07) is 15.9. The van der Waals surface area contributed by atoms with Gasteiger partial charge < -0.3 is 4.52 Å². The Hall–Kier alpha value is -2.93. The molecule has 28 heavy (non-hydrogen) atoms. The van der Waals surface area contributed by atoms with Crippen molar-refractivity contribution < 1.29 is 17.7 Å². The van der Waals surface area contributed by atoms with Gasteiger partial charge in [0.1, 0.15) is 11.5 Å². The van der Waals surface area contributed by atoms with E-state index in [-0.39, 0.29) is 4.90 Å². The molecule has 0 aliphatic heterocycles. The predicted octanol–water partition coefficient (Wildman–Crippen LogP) is 4.17. The van der Waals surface area contributed by atoms with Crippen molar-refractivity contribution in [3.05, 3.63) is 60.4 Å². The van der Waals surface area contributed by atoms with Gasteiger partial charge in [0.25, 0.3) is 10.0 Å². The number of nitrogens with zero attached hydrogens (tertiary/aromatic N) is 1. The number of rotatable bonds is 4. The minimum absolute atomic E-state index is 0.0178. The highest BCUT2D eigenvalue weighted by Gasteiger charge is 2.27. The average molecular weight is 398 g/mol. The summed E-state index contributed by atoms with van der Waals surface area (Å²) in [5.41, 5.74) is 2.36. The van der Waals surface area contributed by atoms with E-state index in [0.717, 1.165) is 16.7 Å². The summed E-state index contributed by atoms with van der Waals surface area (Å²) >= 11 is 0. The second-order valence-corrected chi connectivity index (χ2v) is 9.22. The molecule has 1 N–H and O–H groups in total. The highest BCUT2D eigenvalue weighted by Crippen LogP contribution is 2.34. The van der Waals surface area contributed by atoms with Gasteiger partial charge in [-0.2, -0.15) is 0 Å². The third-order valence-corrected chi connectivity index (χ3v) is 5.62. The number of hydrogen-bond donors (Lipinski definition) is 1. The van der Waals surface area contributed by atoms with Crippen LogP contribution in [-0.2, 0) is 14.8 Å². The van der Waals surface area contributed by atoms with Gasteiger partial charge in [-0.05, 0) is 24.6 Å². The van der Waals surface area contributed by atoms with Gasteiger partial charge >= 0.3 is 0 Å². The summed E-state index contributed by atoms with van der Waals surface area (Å²) in [6.45, 7) is 6.77. The molecule has 0 radical (unpaired) electrons. The molecule has 3 rings (SSSR count). The molecule has 0 atom stereocenters. The van der Waals surface area contributed by atoms with Crippen molar-refractivity contribution in [3.63, 3.8) is 0 Å². The molecule has 0 saturated heterocycles. The van der Waals surface area contributed by atoms with Gasteiger partial charge in [0.05, 0.1) is 10.5 Å². The minimum Gasteiger partial charge on any atom is -0.360 e. The fourth-order valence-corrected chi connectivity index (χ4v) is 3.80. The quantitative estimate of drug-likeness (QED) is 0.712. The normalized spacial score (nSPS) is 12.0. The van der Waals surface area contributed by atoms with Crippen LogP contribution in [0, 0.1) is 12.3 Å². The molecule has 2 aromatic carbocycles. The number of aromatic nitrogens is 1. The summed E-state index contributed by atoms with van der Waals surface area (Å²) in [5.74, 6) is 0.0771. The van der Waals surface area contributed by atoms with Gasteiger partial charge in [0, 0.05) is 11.0 Å². The molecule has 0 unspecified atom stereocenters. The van der Waals surface area contributed by atoms with E-state index in [4.69, 9.17) is 4.52 Å². The minimum atomic E-state index is -3.94. The molecular weight excluding hydrogens is 376 g/mol. The first-order valence-corrected chi connectivity index (χ1v) is 10.3. The summed E-state index contributed by atoms with van der Waals surface area (Å²) in [4.78, 5) is 12.1. The molecule has 0 spiro atoms. The van der Waals surface area contributed by atoms with Crippen LogP contribution in [0.25, 0.3) is 22.4 Å². The van der Waals surface area contributed by atoms with Crippen molar-refractivity contribution >= 4 is 15.9 Å². The zero-order valence-corrected chi connectivity index (χ0v) is 17.0. The maximum Gasteiger partial charge on any atom is 0.264 e. The molecule has 0 aliphatic carbocycles. The van der Waals surface area contributed by atoms with Gasteiger partial charge in [0.15, 0.2) is 0 Å². The predicted molar refractivity (Wildman–Crippen MR) is 107 cm³/mol. The largest absolute Gasteiger partial charge is 0.360 e. The molecule has 0 aliphatic rings. The summed E-state index contributed by atoms with van der Waals surface area (Å²) in [5, 5.41) is 4.15. The highest BCUT2D eigenvalue weighted by atomic mass is 32.2. The van der Waals surface area contributed by atoms with E-state index in [9.17, 15) is 13.2 Å². The van der Waals surface area contributed by atoms with E-state index in [1.807, 2.05) is 37.3 Å². The van der Waals surface area contributed by atoms with E-state index in [1.165, 1.54) is 12.1 Å². The van der Waals surface area contributed by atoms with E-state index >= 15 is 0 Å². The Morgan fingerprint density at radius 3 is 2.14 bits per heavy atom. The van der Waals surface area contributed by atoms with Crippen LogP contribution in [0.1, 0.15) is 26.5 Å². The van der Waals surface area contributed by atoms with Crippen molar-refractivity contribution in [1.82, 2.24) is 9.88 Å². The van der Waals surface area contributed by atoms with E-state index in [0.29, 0.717) is 11.5 Å². The van der Waals surface area contributed by atoms with Crippen molar-refractivity contribution in [2.45, 2.75) is 32.6 Å². The Kier molecular flexibility index (Phi) is 5.12. The smallest absolute Gasteiger partial charge is 0.264 e. The number of nitrogens with one attached hydrogen (secondary N) is 1. The van der Waals surface area contributed by atoms with Crippen LogP contribution in [0.2, 0.25) is 0 Å². The Morgan fingerprint density at radius 1 is 0.964 bits per heavy atom. The number of carbonyl (C=O) groups excluding carboxylic acids is 1. The molecule has 0 bridgehead atoms. The fraction of sp³-hybridized carbons (Fsp3) is 0.238. The monoisotopic (exact) mass is 398 g/mol. The fourth-order valence-electron chi connectivity index (χ4n) is 2.64. The second-order valence-electron chi connectivity index (χ2n) is 7.54. The molecule has 0 saturated carbocycles. The summed E-state index contributed by atoms with van der Waals surface area (Å²) in [6.07, 6.45) is 0. The lowest BCUT2D eigenvalue weighted by molar-refractivity contribution is -0.126. The topological polar surface area (TPSA) is 89.3 Å². The number of carbonyl (C=O) groups is 1. The number of amides is 1. The zero-order chi connectivity index (χ0) is 20.5. The SMILES string of the molecule is Cc1onc(-c2ccccc2)c1-c1ccc(S(=O)(=O)NC(=O)C(C)(C)C)cc1. The lowest BCUT2D eigenvalue weighted by Gasteiger charge is -2.17. The van der Waals surface area contributed by atoms with E-state index in [1.54, 1.807) is 32.9 Å². The van der Waals surface area contributed by atoms with Crippen LogP contribution < -0.4 is 4.72 Å². The Bertz CT molecular complexity index is 1090. The van der Waals surface area contributed by atoms with Crippen LogP contribution >= 0.6 is 0 Å². The Balaban J connectivity index is 1.95. The number of benzene rings is 2. The average Bonchev–Trinajstić information content (AvgIpc) is 3.03. The summed E-state index contributed by atoms with van der Waals surface area (Å²) in [7, 11) is -3.94. The lowest BCUT2D eigenvalue weighted by Crippen LogP contribution is -2.38. The molecule has 7 heteroatoms. The van der Waals surface area contributed by atoms with E-state index in [2.05, 4.69) is 9.88 Å². The van der Waals surface area contributed by atoms with Crippen molar-refractivity contribution in [1.29, 1.82) is 0 Å². The van der Waals surface area contributed by atoms with E-state index < -0.39 is 21.3 Å². The number of hydrogen-bond acceptors (Lipinski definition) is 5. The van der Waals surface area contributed by atoms with Crippen LogP contribution in [0.15, 0.2) is 64.0 Å². The van der Waals surface area contributed by atoms with Gasteiger partial charge in [-0.3, -0.25) is 4.79 Å². The first kappa shape index (κ1) is 19.8. The molecule has 0 fully saturated rings. The molecule has 1 heterocycles. The zero-order valence-electron chi connectivity index (χ0n) is 16.2. The first-order chi connectivity index (χ1) is 13.1. The lowest BCUT2D eigenvalue weighted by atomic mass is 9.96.